The first kappa shape index (κ1) is 31.9. The number of nitrogens with one attached hydrogen (secondary N) is 1. The van der Waals surface area contributed by atoms with Crippen molar-refractivity contribution in [2.24, 2.45) is 11.8 Å². The Morgan fingerprint density at radius 1 is 1.20 bits per heavy atom. The zero-order valence-electron chi connectivity index (χ0n) is 20.6. The first-order valence-electron chi connectivity index (χ1n) is 12.1. The normalized spacial score (nSPS) is 25.9. The first-order valence-corrected chi connectivity index (χ1v) is 14.1. The molecule has 2 amide bonds. The number of alkyl halides is 5. The van der Waals surface area contributed by atoms with E-state index in [4.69, 9.17) is 16.3 Å². The number of carbonyl (C=O) groups is 2. The molecule has 2 saturated carbocycles. The molecule has 0 spiro atoms. The summed E-state index contributed by atoms with van der Waals surface area (Å²) in [5.41, 5.74) is -1.10. The van der Waals surface area contributed by atoms with Gasteiger partial charge < -0.3 is 15.0 Å². The lowest BCUT2D eigenvalue weighted by molar-refractivity contribution is -0.189. The number of benzene rings is 1. The van der Waals surface area contributed by atoms with Gasteiger partial charge in [0.15, 0.2) is 15.9 Å². The Balaban J connectivity index is 0.00000441. The fourth-order valence-electron chi connectivity index (χ4n) is 4.92. The summed E-state index contributed by atoms with van der Waals surface area (Å²) < 4.78 is 97.9. The molecule has 4 atom stereocenters. The maximum Gasteiger partial charge on any atom is 0.425 e. The van der Waals surface area contributed by atoms with E-state index in [2.05, 4.69) is 5.32 Å². The highest BCUT2D eigenvalue weighted by Gasteiger charge is 2.53. The summed E-state index contributed by atoms with van der Waals surface area (Å²) >= 11 is 6.12. The van der Waals surface area contributed by atoms with Crippen LogP contribution in [0.25, 0.3) is 0 Å². The molecule has 1 aromatic carbocycles. The van der Waals surface area contributed by atoms with Crippen molar-refractivity contribution >= 4 is 33.3 Å². The number of ether oxygens (including phenoxy) is 1. The van der Waals surface area contributed by atoms with Gasteiger partial charge in [-0.1, -0.05) is 19.0 Å². The van der Waals surface area contributed by atoms with Crippen molar-refractivity contribution < 1.29 is 44.7 Å². The van der Waals surface area contributed by atoms with Crippen LogP contribution < -0.4 is 10.1 Å². The van der Waals surface area contributed by atoms with Crippen molar-refractivity contribution in [3.63, 3.8) is 0 Å². The Morgan fingerprint density at radius 2 is 1.82 bits per heavy atom. The highest BCUT2D eigenvalue weighted by Crippen LogP contribution is 2.44. The maximum absolute atomic E-state index is 13.8. The number of amides is 2. The van der Waals surface area contributed by atoms with Gasteiger partial charge in [-0.15, -0.1) is 0 Å². The summed E-state index contributed by atoms with van der Waals surface area (Å²) in [6.07, 6.45) is -7.33. The molecular formula is C25H29ClF5N3O5S. The molecule has 15 heteroatoms. The molecule has 2 aliphatic carbocycles. The van der Waals surface area contributed by atoms with E-state index in [0.29, 0.717) is 12.8 Å². The predicted molar refractivity (Wildman–Crippen MR) is 133 cm³/mol. The van der Waals surface area contributed by atoms with Crippen LogP contribution in [0.3, 0.4) is 0 Å². The molecule has 8 nitrogen and oxygen atoms in total. The second-order valence-corrected chi connectivity index (χ2v) is 12.9. The van der Waals surface area contributed by atoms with Gasteiger partial charge in [0.1, 0.15) is 11.3 Å². The molecule has 0 unspecified atom stereocenters. The predicted octanol–water partition coefficient (Wildman–Crippen LogP) is 4.51. The highest BCUT2D eigenvalue weighted by molar-refractivity contribution is 7.92. The van der Waals surface area contributed by atoms with Crippen LogP contribution in [0.15, 0.2) is 23.1 Å². The number of nitrogens with zero attached hydrogens (tertiary/aromatic N) is 2. The third kappa shape index (κ3) is 6.46. The van der Waals surface area contributed by atoms with Crippen molar-refractivity contribution in [2.75, 3.05) is 13.1 Å². The molecule has 0 bridgehead atoms. The zero-order valence-corrected chi connectivity index (χ0v) is 22.2. The summed E-state index contributed by atoms with van der Waals surface area (Å²) in [5.74, 6) is -7.35. The van der Waals surface area contributed by atoms with Crippen molar-refractivity contribution in [2.45, 2.75) is 80.3 Å². The fraction of sp³-hybridized carbons (Fsp3) is 0.640. The SMILES string of the molecule is C.C[C@H](Oc1ccc(S(=O)(=O)[C@@H]2C[C@@H](C(=O)NC3(C#N)CC3)[C@H](C(=O)N3CCC(F)(F)C3)C2)c(Cl)c1)C(F)(F)F. The van der Waals surface area contributed by atoms with Gasteiger partial charge in [0, 0.05) is 19.0 Å². The fourth-order valence-corrected chi connectivity index (χ4v) is 7.28. The number of likely N-dealkylation sites (tertiary alicyclic amines) is 1. The first-order chi connectivity index (χ1) is 18.0. The Bertz CT molecular complexity index is 1310. The van der Waals surface area contributed by atoms with E-state index in [1.165, 1.54) is 0 Å². The quantitative estimate of drug-likeness (QED) is 0.452. The molecule has 1 aromatic rings. The van der Waals surface area contributed by atoms with Gasteiger partial charge in [-0.3, -0.25) is 9.59 Å². The maximum atomic E-state index is 13.8. The second kappa shape index (κ2) is 11.0. The summed E-state index contributed by atoms with van der Waals surface area (Å²) in [6, 6.07) is 4.90. The van der Waals surface area contributed by atoms with E-state index >= 15 is 0 Å². The van der Waals surface area contributed by atoms with Crippen LogP contribution in [0.2, 0.25) is 5.02 Å². The van der Waals surface area contributed by atoms with Crippen molar-refractivity contribution in [3.05, 3.63) is 23.2 Å². The highest BCUT2D eigenvalue weighted by atomic mass is 35.5. The number of halogens is 6. The zero-order chi connectivity index (χ0) is 29.0. The summed E-state index contributed by atoms with van der Waals surface area (Å²) in [6.45, 7) is -0.326. The Hall–Kier alpha value is -2.66. The van der Waals surface area contributed by atoms with Crippen LogP contribution in [0.5, 0.6) is 5.75 Å². The van der Waals surface area contributed by atoms with Crippen molar-refractivity contribution in [1.82, 2.24) is 10.2 Å². The standard InChI is InChI=1S/C24H25ClF5N3O5S.CH4/c1-13(24(28,29)30)38-14-2-3-19(18(25)8-14)39(36,37)15-9-16(20(34)32-22(11-31)4-5-22)17(10-15)21(35)33-7-6-23(26,27)12-33;/h2-3,8,13,15-17H,4-7,9-10,12H2,1H3,(H,32,34);1H4/t13-,15+,16+,17+;/m0./s1. The Labute approximate surface area is 233 Å². The van der Waals surface area contributed by atoms with E-state index in [-0.39, 0.29) is 32.6 Å². The molecule has 1 aliphatic heterocycles. The van der Waals surface area contributed by atoms with Gasteiger partial charge in [-0.05, 0) is 44.7 Å². The number of carbonyl (C=O) groups excluding carboxylic acids is 2. The smallest absolute Gasteiger partial charge is 0.425 e. The van der Waals surface area contributed by atoms with Crippen LogP contribution in [0.1, 0.15) is 46.5 Å². The third-order valence-corrected chi connectivity index (χ3v) is 10.1. The molecule has 1 N–H and O–H groups in total. The minimum absolute atomic E-state index is 0. The van der Waals surface area contributed by atoms with Crippen LogP contribution in [0, 0.1) is 23.2 Å². The molecular weight excluding hydrogens is 585 g/mol. The summed E-state index contributed by atoms with van der Waals surface area (Å²) in [4.78, 5) is 26.8. The number of hydrogen-bond donors (Lipinski definition) is 1. The van der Waals surface area contributed by atoms with Crippen molar-refractivity contribution in [3.8, 4) is 11.8 Å². The number of sulfone groups is 1. The minimum atomic E-state index is -4.66. The average Bonchev–Trinajstić information content (AvgIpc) is 3.28. The van der Waals surface area contributed by atoms with E-state index < -0.39 is 85.4 Å². The number of rotatable bonds is 7. The van der Waals surface area contributed by atoms with E-state index in [1.807, 2.05) is 6.07 Å². The molecule has 0 aromatic heterocycles. The van der Waals surface area contributed by atoms with E-state index in [0.717, 1.165) is 30.0 Å². The molecule has 0 radical (unpaired) electrons. The monoisotopic (exact) mass is 613 g/mol. The topological polar surface area (TPSA) is 117 Å². The molecule has 3 fully saturated rings. The number of nitriles is 1. The molecule has 1 heterocycles. The van der Waals surface area contributed by atoms with Crippen molar-refractivity contribution in [1.29, 1.82) is 5.26 Å². The molecule has 1 saturated heterocycles. The van der Waals surface area contributed by atoms with Gasteiger partial charge in [0.2, 0.25) is 11.8 Å². The molecule has 3 aliphatic rings. The van der Waals surface area contributed by atoms with Crippen LogP contribution in [0.4, 0.5) is 22.0 Å². The molecule has 4 rings (SSSR count). The molecule has 40 heavy (non-hydrogen) atoms. The molecule has 222 valence electrons. The number of hydrogen-bond acceptors (Lipinski definition) is 6. The average molecular weight is 614 g/mol. The lowest BCUT2D eigenvalue weighted by Gasteiger charge is -2.24. The van der Waals surface area contributed by atoms with Crippen LogP contribution in [-0.2, 0) is 19.4 Å². The summed E-state index contributed by atoms with van der Waals surface area (Å²) in [7, 11) is -4.33. The van der Waals surface area contributed by atoms with Gasteiger partial charge in [0.25, 0.3) is 5.92 Å². The van der Waals surface area contributed by atoms with Crippen LogP contribution in [-0.4, -0.2) is 67.2 Å². The van der Waals surface area contributed by atoms with Gasteiger partial charge >= 0.3 is 6.18 Å². The minimum Gasteiger partial charge on any atom is -0.481 e. The lowest BCUT2D eigenvalue weighted by Crippen LogP contribution is -2.45. The van der Waals surface area contributed by atoms with Gasteiger partial charge in [-0.2, -0.15) is 18.4 Å². The lowest BCUT2D eigenvalue weighted by atomic mass is 9.93. The largest absolute Gasteiger partial charge is 0.481 e. The van der Waals surface area contributed by atoms with E-state index in [9.17, 15) is 45.2 Å². The second-order valence-electron chi connectivity index (χ2n) is 10.3. The van der Waals surface area contributed by atoms with Gasteiger partial charge in [0.05, 0.1) is 39.6 Å². The van der Waals surface area contributed by atoms with Gasteiger partial charge in [-0.25, -0.2) is 17.2 Å². The summed E-state index contributed by atoms with van der Waals surface area (Å²) in [5, 5.41) is 10.2. The van der Waals surface area contributed by atoms with E-state index in [1.54, 1.807) is 0 Å². The van der Waals surface area contributed by atoms with Crippen LogP contribution >= 0.6 is 11.6 Å². The Kier molecular flexibility index (Phi) is 8.73. The Morgan fingerprint density at radius 3 is 2.33 bits per heavy atom. The third-order valence-electron chi connectivity index (χ3n) is 7.40.